The monoisotopic (exact) mass is 312 g/mol. The summed E-state index contributed by atoms with van der Waals surface area (Å²) in [6.07, 6.45) is 1.95. The van der Waals surface area contributed by atoms with Crippen LogP contribution >= 0.6 is 23.2 Å². The lowest BCUT2D eigenvalue weighted by Crippen LogP contribution is -2.45. The molecule has 2 aliphatic rings. The quantitative estimate of drug-likeness (QED) is 0.674. The first-order valence-corrected chi connectivity index (χ1v) is 7.29. The Labute approximate surface area is 126 Å². The number of Topliss-reactive ketones (excluding diaryl/α,β-unsaturated/α-hetero) is 1. The van der Waals surface area contributed by atoms with Crippen molar-refractivity contribution in [1.29, 1.82) is 0 Å². The number of pyridine rings is 1. The normalized spacial score (nSPS) is 29.7. The van der Waals surface area contributed by atoms with Crippen molar-refractivity contribution in [2.75, 3.05) is 0 Å². The Hall–Kier alpha value is -1.13. The highest BCUT2D eigenvalue weighted by molar-refractivity contribution is 6.34. The van der Waals surface area contributed by atoms with E-state index in [9.17, 15) is 9.59 Å². The van der Waals surface area contributed by atoms with Crippen molar-refractivity contribution < 1.29 is 9.59 Å². The molecule has 1 aromatic rings. The first-order chi connectivity index (χ1) is 9.34. The molecule has 0 radical (unpaired) electrons. The van der Waals surface area contributed by atoms with Gasteiger partial charge in [0, 0.05) is 5.56 Å². The van der Waals surface area contributed by atoms with Crippen LogP contribution in [0.2, 0.25) is 10.3 Å². The third-order valence-electron chi connectivity index (χ3n) is 4.29. The molecule has 1 aromatic heterocycles. The average molecular weight is 313 g/mol. The van der Waals surface area contributed by atoms with E-state index in [1.807, 2.05) is 0 Å². The molecule has 1 amide bonds. The van der Waals surface area contributed by atoms with E-state index in [1.165, 1.54) is 0 Å². The topological polar surface area (TPSA) is 59.1 Å². The number of carbonyl (C=O) groups excluding carboxylic acids is 2. The van der Waals surface area contributed by atoms with Crippen LogP contribution in [0.3, 0.4) is 0 Å². The van der Waals surface area contributed by atoms with E-state index < -0.39 is 11.5 Å². The summed E-state index contributed by atoms with van der Waals surface area (Å²) in [6.45, 7) is 3.58. The number of halogens is 2. The van der Waals surface area contributed by atoms with Gasteiger partial charge in [-0.05, 0) is 44.2 Å². The van der Waals surface area contributed by atoms with Gasteiger partial charge in [0.2, 0.25) is 5.91 Å². The molecular weight excluding hydrogens is 299 g/mol. The van der Waals surface area contributed by atoms with Crippen molar-refractivity contribution in [3.63, 3.8) is 0 Å². The Kier molecular flexibility index (Phi) is 3.07. The van der Waals surface area contributed by atoms with Gasteiger partial charge >= 0.3 is 0 Å². The number of rotatable bonds is 2. The molecule has 4 nitrogen and oxygen atoms in total. The Morgan fingerprint density at radius 2 is 2.00 bits per heavy atom. The van der Waals surface area contributed by atoms with Crippen LogP contribution < -0.4 is 5.32 Å². The first kappa shape index (κ1) is 13.8. The molecule has 1 saturated carbocycles. The number of nitrogens with zero attached hydrogens (tertiary/aromatic N) is 1. The number of aryl methyl sites for hydroxylation is 1. The average Bonchev–Trinajstić information content (AvgIpc) is 3.13. The number of hydrogen-bond acceptors (Lipinski definition) is 3. The van der Waals surface area contributed by atoms with Crippen LogP contribution in [-0.4, -0.2) is 22.2 Å². The predicted octanol–water partition coefficient (Wildman–Crippen LogP) is 2.65. The number of hydrogen-bond donors (Lipinski definition) is 1. The van der Waals surface area contributed by atoms with Gasteiger partial charge in [-0.3, -0.25) is 9.59 Å². The summed E-state index contributed by atoms with van der Waals surface area (Å²) in [5.41, 5.74) is 0.420. The third-order valence-corrected chi connectivity index (χ3v) is 4.77. The minimum atomic E-state index is -0.877. The van der Waals surface area contributed by atoms with E-state index in [4.69, 9.17) is 23.2 Å². The van der Waals surface area contributed by atoms with E-state index in [2.05, 4.69) is 10.3 Å². The van der Waals surface area contributed by atoms with Crippen molar-refractivity contribution in [2.24, 2.45) is 5.92 Å². The molecular formula is C14H14Cl2N2O2. The summed E-state index contributed by atoms with van der Waals surface area (Å²) in [6, 6.07) is 1.62. The second kappa shape index (κ2) is 4.43. The Balaban J connectivity index is 2.07. The van der Waals surface area contributed by atoms with E-state index in [0.717, 1.165) is 12.8 Å². The number of carbonyl (C=O) groups is 2. The lowest BCUT2D eigenvalue weighted by atomic mass is 9.84. The molecule has 2 atom stereocenters. The number of nitrogens with one attached hydrogen (secondary N) is 1. The summed E-state index contributed by atoms with van der Waals surface area (Å²) in [5, 5.41) is 3.24. The molecule has 6 heteroatoms. The van der Waals surface area contributed by atoms with Crippen LogP contribution in [-0.2, 0) is 9.59 Å². The van der Waals surface area contributed by atoms with E-state index in [0.29, 0.717) is 11.1 Å². The second-order valence-electron chi connectivity index (χ2n) is 5.73. The van der Waals surface area contributed by atoms with Crippen LogP contribution in [0.15, 0.2) is 6.07 Å². The lowest BCUT2D eigenvalue weighted by Gasteiger charge is -2.22. The lowest BCUT2D eigenvalue weighted by molar-refractivity contribution is -0.125. The number of amides is 1. The van der Waals surface area contributed by atoms with Gasteiger partial charge in [-0.1, -0.05) is 23.2 Å². The molecule has 3 rings (SSSR count). The van der Waals surface area contributed by atoms with Gasteiger partial charge < -0.3 is 5.32 Å². The molecule has 20 heavy (non-hydrogen) atoms. The molecule has 1 N–H and O–H groups in total. The maximum Gasteiger partial charge on any atom is 0.236 e. The van der Waals surface area contributed by atoms with E-state index in [-0.39, 0.29) is 27.9 Å². The van der Waals surface area contributed by atoms with Crippen molar-refractivity contribution in [1.82, 2.24) is 10.3 Å². The van der Waals surface area contributed by atoms with E-state index >= 15 is 0 Å². The first-order valence-electron chi connectivity index (χ1n) is 6.53. The molecule has 2 fully saturated rings. The van der Waals surface area contributed by atoms with Gasteiger partial charge in [-0.15, -0.1) is 0 Å². The van der Waals surface area contributed by atoms with Crippen molar-refractivity contribution >= 4 is 34.9 Å². The maximum absolute atomic E-state index is 12.7. The number of aromatic nitrogens is 1. The fourth-order valence-corrected chi connectivity index (χ4v) is 3.63. The molecule has 1 saturated heterocycles. The minimum Gasteiger partial charge on any atom is -0.343 e. The molecule has 1 aliphatic carbocycles. The summed E-state index contributed by atoms with van der Waals surface area (Å²) < 4.78 is 0. The Morgan fingerprint density at radius 3 is 2.55 bits per heavy atom. The third kappa shape index (κ3) is 1.93. The van der Waals surface area contributed by atoms with Crippen molar-refractivity contribution in [3.8, 4) is 0 Å². The standard InChI is InChI=1S/C14H14Cl2N2O2/c1-6-5-8(15)17-12(16)9(6)10-11(19)14(2,7-3-4-7)18-13(10)20/h5,7,10H,3-4H2,1-2H3,(H,18,20). The van der Waals surface area contributed by atoms with Gasteiger partial charge in [0.05, 0.1) is 5.54 Å². The Bertz CT molecular complexity index is 605. The highest BCUT2D eigenvalue weighted by Crippen LogP contribution is 2.46. The summed E-state index contributed by atoms with van der Waals surface area (Å²) >= 11 is 11.9. The zero-order valence-corrected chi connectivity index (χ0v) is 12.7. The molecule has 0 aromatic carbocycles. The van der Waals surface area contributed by atoms with Gasteiger partial charge in [0.1, 0.15) is 16.2 Å². The van der Waals surface area contributed by atoms with Crippen molar-refractivity contribution in [3.05, 3.63) is 27.5 Å². The Morgan fingerprint density at radius 1 is 1.35 bits per heavy atom. The summed E-state index contributed by atoms with van der Waals surface area (Å²) in [7, 11) is 0. The van der Waals surface area contributed by atoms with Crippen LogP contribution in [0.1, 0.15) is 36.8 Å². The van der Waals surface area contributed by atoms with Crippen LogP contribution in [0.25, 0.3) is 0 Å². The zero-order valence-electron chi connectivity index (χ0n) is 11.2. The van der Waals surface area contributed by atoms with Crippen molar-refractivity contribution in [2.45, 2.75) is 38.1 Å². The van der Waals surface area contributed by atoms with Gasteiger partial charge in [0.15, 0.2) is 5.78 Å². The predicted molar refractivity (Wildman–Crippen MR) is 76.0 cm³/mol. The van der Waals surface area contributed by atoms with Gasteiger partial charge in [-0.25, -0.2) is 4.98 Å². The summed E-state index contributed by atoms with van der Waals surface area (Å²) in [4.78, 5) is 28.9. The van der Waals surface area contributed by atoms with Gasteiger partial charge in [-0.2, -0.15) is 0 Å². The number of ketones is 1. The van der Waals surface area contributed by atoms with E-state index in [1.54, 1.807) is 19.9 Å². The zero-order chi connectivity index (χ0) is 14.7. The van der Waals surface area contributed by atoms with Crippen LogP contribution in [0.5, 0.6) is 0 Å². The molecule has 106 valence electrons. The molecule has 0 bridgehead atoms. The minimum absolute atomic E-state index is 0.112. The molecule has 2 unspecified atom stereocenters. The fraction of sp³-hybridized carbons (Fsp3) is 0.500. The van der Waals surface area contributed by atoms with Gasteiger partial charge in [0.25, 0.3) is 0 Å². The SMILES string of the molecule is Cc1cc(Cl)nc(Cl)c1C1C(=O)NC(C)(C2CC2)C1=O. The second-order valence-corrected chi connectivity index (χ2v) is 6.47. The molecule has 1 aliphatic heterocycles. The largest absolute Gasteiger partial charge is 0.343 e. The smallest absolute Gasteiger partial charge is 0.236 e. The summed E-state index contributed by atoms with van der Waals surface area (Å²) in [5.74, 6) is -1.04. The molecule has 0 spiro atoms. The van der Waals surface area contributed by atoms with Crippen LogP contribution in [0, 0.1) is 12.8 Å². The fourth-order valence-electron chi connectivity index (χ4n) is 2.99. The highest BCUT2D eigenvalue weighted by atomic mass is 35.5. The molecule has 2 heterocycles. The maximum atomic E-state index is 12.7. The van der Waals surface area contributed by atoms with Crippen LogP contribution in [0.4, 0.5) is 0 Å². The highest BCUT2D eigenvalue weighted by Gasteiger charge is 2.57.